The molecule has 0 unspecified atom stereocenters. The highest BCUT2D eigenvalue weighted by Crippen LogP contribution is 2.21. The maximum Gasteiger partial charge on any atom is 0.172 e. The summed E-state index contributed by atoms with van der Waals surface area (Å²) in [5.41, 5.74) is 1.80. The zero-order chi connectivity index (χ0) is 13.7. The van der Waals surface area contributed by atoms with E-state index in [1.807, 2.05) is 48.5 Å². The Morgan fingerprint density at radius 2 is 1.95 bits per heavy atom. The van der Waals surface area contributed by atoms with E-state index in [0.29, 0.717) is 5.75 Å². The first-order valence-electron chi connectivity index (χ1n) is 5.77. The predicted molar refractivity (Wildman–Crippen MR) is 86.1 cm³/mol. The van der Waals surface area contributed by atoms with Crippen LogP contribution in [0.5, 0.6) is 0 Å². The molecule has 0 aliphatic heterocycles. The number of carbonyl (C=O) groups excluding carboxylic acids is 1. The van der Waals surface area contributed by atoms with Crippen molar-refractivity contribution >= 4 is 45.1 Å². The second kappa shape index (κ2) is 7.13. The molecule has 0 radical (unpaired) electrons. The molecule has 0 aromatic heterocycles. The number of Topliss-reactive ketones (excluding diaryl/α,β-unsaturated/α-hetero) is 1. The minimum Gasteiger partial charge on any atom is -0.293 e. The van der Waals surface area contributed by atoms with E-state index in [1.165, 1.54) is 0 Å². The van der Waals surface area contributed by atoms with Crippen LogP contribution >= 0.6 is 39.3 Å². The Balaban J connectivity index is 1.90. The summed E-state index contributed by atoms with van der Waals surface area (Å²) in [6.45, 7) is 0. The lowest BCUT2D eigenvalue weighted by molar-refractivity contribution is 0.102. The van der Waals surface area contributed by atoms with Gasteiger partial charge in [0.25, 0.3) is 0 Å². The van der Waals surface area contributed by atoms with Crippen LogP contribution in [0.4, 0.5) is 0 Å². The van der Waals surface area contributed by atoms with Crippen LogP contribution in [0, 0.1) is 0 Å². The van der Waals surface area contributed by atoms with Gasteiger partial charge in [0.15, 0.2) is 5.78 Å². The average Bonchev–Trinajstić information content (AvgIpc) is 2.41. The van der Waals surface area contributed by atoms with E-state index in [9.17, 15) is 4.79 Å². The molecule has 98 valence electrons. The molecule has 0 fully saturated rings. The first-order valence-corrected chi connectivity index (χ1v) is 8.09. The first kappa shape index (κ1) is 14.6. The van der Waals surface area contributed by atoms with Crippen LogP contribution in [-0.4, -0.2) is 11.5 Å². The van der Waals surface area contributed by atoms with E-state index in [2.05, 4.69) is 15.9 Å². The molecule has 0 saturated carbocycles. The Morgan fingerprint density at radius 3 is 2.68 bits per heavy atom. The maximum atomic E-state index is 12.0. The third-order valence-corrected chi connectivity index (χ3v) is 4.44. The van der Waals surface area contributed by atoms with E-state index < -0.39 is 0 Å². The molecule has 19 heavy (non-hydrogen) atoms. The van der Waals surface area contributed by atoms with Gasteiger partial charge in [0.1, 0.15) is 0 Å². The number of ketones is 1. The molecular formula is C15H12BrClOS. The smallest absolute Gasteiger partial charge is 0.172 e. The normalized spacial score (nSPS) is 10.4. The topological polar surface area (TPSA) is 17.1 Å². The fourth-order valence-electron chi connectivity index (χ4n) is 1.61. The maximum absolute atomic E-state index is 12.0. The Hall–Kier alpha value is -0.770. The van der Waals surface area contributed by atoms with Crippen molar-refractivity contribution in [3.8, 4) is 0 Å². The van der Waals surface area contributed by atoms with Gasteiger partial charge in [-0.1, -0.05) is 57.9 Å². The van der Waals surface area contributed by atoms with Gasteiger partial charge >= 0.3 is 0 Å². The molecule has 2 rings (SSSR count). The predicted octanol–water partition coefficient (Wildman–Crippen LogP) is 5.22. The summed E-state index contributed by atoms with van der Waals surface area (Å²) in [5.74, 6) is 1.35. The monoisotopic (exact) mass is 354 g/mol. The molecule has 0 amide bonds. The van der Waals surface area contributed by atoms with Gasteiger partial charge in [-0.2, -0.15) is 0 Å². The van der Waals surface area contributed by atoms with Crippen LogP contribution in [0.25, 0.3) is 0 Å². The average molecular weight is 356 g/mol. The Bertz CT molecular complexity index is 586. The molecule has 0 atom stereocenters. The van der Waals surface area contributed by atoms with Gasteiger partial charge in [0.2, 0.25) is 0 Å². The Labute approximate surface area is 130 Å². The van der Waals surface area contributed by atoms with Crippen LogP contribution in [0.3, 0.4) is 0 Å². The molecule has 4 heteroatoms. The summed E-state index contributed by atoms with van der Waals surface area (Å²) in [6.07, 6.45) is 0. The number of thioether (sulfide) groups is 1. The summed E-state index contributed by atoms with van der Waals surface area (Å²) >= 11 is 11.0. The summed E-state index contributed by atoms with van der Waals surface area (Å²) in [6, 6.07) is 15.2. The number of hydrogen-bond donors (Lipinski definition) is 0. The molecule has 2 aromatic carbocycles. The van der Waals surface area contributed by atoms with Crippen molar-refractivity contribution in [1.29, 1.82) is 0 Å². The first-order chi connectivity index (χ1) is 9.16. The third-order valence-electron chi connectivity index (χ3n) is 2.60. The quantitative estimate of drug-likeness (QED) is 0.684. The third kappa shape index (κ3) is 4.37. The number of hydrogen-bond acceptors (Lipinski definition) is 2. The second-order valence-electron chi connectivity index (χ2n) is 4.02. The van der Waals surface area contributed by atoms with E-state index >= 15 is 0 Å². The van der Waals surface area contributed by atoms with Gasteiger partial charge in [-0.25, -0.2) is 0 Å². The number of benzene rings is 2. The largest absolute Gasteiger partial charge is 0.293 e. The number of carbonyl (C=O) groups is 1. The molecule has 0 spiro atoms. The lowest BCUT2D eigenvalue weighted by atomic mass is 10.2. The van der Waals surface area contributed by atoms with Crippen LogP contribution in [0.15, 0.2) is 53.0 Å². The minimum absolute atomic E-state index is 0.137. The lowest BCUT2D eigenvalue weighted by Crippen LogP contribution is -2.02. The van der Waals surface area contributed by atoms with Crippen LogP contribution in [0.1, 0.15) is 15.9 Å². The second-order valence-corrected chi connectivity index (χ2v) is 6.33. The molecule has 0 aliphatic rings. The van der Waals surface area contributed by atoms with Gasteiger partial charge in [0, 0.05) is 20.8 Å². The van der Waals surface area contributed by atoms with Crippen LogP contribution in [0.2, 0.25) is 5.02 Å². The van der Waals surface area contributed by atoms with Gasteiger partial charge in [-0.05, 0) is 23.8 Å². The van der Waals surface area contributed by atoms with Gasteiger partial charge < -0.3 is 0 Å². The fraction of sp³-hybridized carbons (Fsp3) is 0.133. The summed E-state index contributed by atoms with van der Waals surface area (Å²) in [7, 11) is 0. The zero-order valence-corrected chi connectivity index (χ0v) is 13.3. The van der Waals surface area contributed by atoms with E-state index in [-0.39, 0.29) is 5.78 Å². The molecule has 0 heterocycles. The number of rotatable bonds is 5. The summed E-state index contributed by atoms with van der Waals surface area (Å²) in [4.78, 5) is 12.0. The molecular weight excluding hydrogens is 344 g/mol. The molecule has 1 nitrogen and oxygen atoms in total. The molecule has 0 bridgehead atoms. The van der Waals surface area contributed by atoms with Crippen molar-refractivity contribution in [1.82, 2.24) is 0 Å². The summed E-state index contributed by atoms with van der Waals surface area (Å²) < 4.78 is 0.925. The minimum atomic E-state index is 0.137. The summed E-state index contributed by atoms with van der Waals surface area (Å²) in [5, 5.41) is 0.755. The van der Waals surface area contributed by atoms with Gasteiger partial charge in [-0.3, -0.25) is 4.79 Å². The van der Waals surface area contributed by atoms with Crippen molar-refractivity contribution in [2.45, 2.75) is 5.75 Å². The highest BCUT2D eigenvalue weighted by molar-refractivity contribution is 9.10. The van der Waals surface area contributed by atoms with Gasteiger partial charge in [-0.15, -0.1) is 11.8 Å². The zero-order valence-electron chi connectivity index (χ0n) is 10.1. The van der Waals surface area contributed by atoms with Crippen LogP contribution < -0.4 is 0 Å². The number of halogens is 2. The fourth-order valence-corrected chi connectivity index (χ4v) is 3.22. The van der Waals surface area contributed by atoms with Gasteiger partial charge in [0.05, 0.1) is 5.75 Å². The molecule has 2 aromatic rings. The standard InChI is InChI=1S/C15H12BrClOS/c16-13-6-3-5-11(8-13)15(18)10-19-9-12-4-1-2-7-14(12)17/h1-8H,9-10H2. The van der Waals surface area contributed by atoms with Crippen molar-refractivity contribution < 1.29 is 4.79 Å². The van der Waals surface area contributed by atoms with Crippen molar-refractivity contribution in [2.75, 3.05) is 5.75 Å². The molecule has 0 aliphatic carbocycles. The van der Waals surface area contributed by atoms with Crippen molar-refractivity contribution in [3.63, 3.8) is 0 Å². The van der Waals surface area contributed by atoms with E-state index in [4.69, 9.17) is 11.6 Å². The van der Waals surface area contributed by atoms with Crippen molar-refractivity contribution in [2.24, 2.45) is 0 Å². The van der Waals surface area contributed by atoms with Crippen LogP contribution in [-0.2, 0) is 5.75 Å². The SMILES string of the molecule is O=C(CSCc1ccccc1Cl)c1cccc(Br)c1. The Kier molecular flexibility index (Phi) is 5.49. The Morgan fingerprint density at radius 1 is 1.16 bits per heavy atom. The van der Waals surface area contributed by atoms with E-state index in [1.54, 1.807) is 11.8 Å². The highest BCUT2D eigenvalue weighted by Gasteiger charge is 2.07. The highest BCUT2D eigenvalue weighted by atomic mass is 79.9. The molecule has 0 N–H and O–H groups in total. The molecule has 0 saturated heterocycles. The lowest BCUT2D eigenvalue weighted by Gasteiger charge is -2.04. The van der Waals surface area contributed by atoms with E-state index in [0.717, 1.165) is 26.4 Å². The van der Waals surface area contributed by atoms with Crippen molar-refractivity contribution in [3.05, 3.63) is 69.2 Å².